The fourth-order valence-corrected chi connectivity index (χ4v) is 3.14. The Morgan fingerprint density at radius 3 is 2.20 bits per heavy atom. The zero-order valence-electron chi connectivity index (χ0n) is 10.9. The topological polar surface area (TPSA) is 17.1 Å². The van der Waals surface area contributed by atoms with Gasteiger partial charge in [-0.3, -0.25) is 0 Å². The molecule has 0 amide bonds. The van der Waals surface area contributed by atoms with Crippen LogP contribution < -0.4 is 0 Å². The van der Waals surface area contributed by atoms with Gasteiger partial charge in [0.1, 0.15) is 6.29 Å². The highest BCUT2D eigenvalue weighted by Crippen LogP contribution is 2.46. The molecule has 1 heteroatoms. The van der Waals surface area contributed by atoms with E-state index in [0.29, 0.717) is 17.3 Å². The van der Waals surface area contributed by atoms with Crippen LogP contribution in [0.2, 0.25) is 0 Å². The highest BCUT2D eigenvalue weighted by atomic mass is 16.1. The summed E-state index contributed by atoms with van der Waals surface area (Å²) in [6.45, 7) is 11.6. The summed E-state index contributed by atoms with van der Waals surface area (Å²) in [5.74, 6) is 2.59. The third-order valence-electron chi connectivity index (χ3n) is 4.11. The first-order chi connectivity index (χ1) is 6.86. The van der Waals surface area contributed by atoms with Crippen molar-refractivity contribution >= 4 is 6.29 Å². The first kappa shape index (κ1) is 12.7. The molecule has 1 saturated carbocycles. The number of carbonyl (C=O) groups excluding carboxylic acids is 1. The lowest BCUT2D eigenvalue weighted by atomic mass is 9.61. The van der Waals surface area contributed by atoms with Crippen LogP contribution in [0.5, 0.6) is 0 Å². The number of rotatable bonds is 2. The van der Waals surface area contributed by atoms with Gasteiger partial charge in [0, 0.05) is 5.92 Å². The van der Waals surface area contributed by atoms with Crippen LogP contribution in [0, 0.1) is 29.1 Å². The summed E-state index contributed by atoms with van der Waals surface area (Å²) in [6, 6.07) is 0. The summed E-state index contributed by atoms with van der Waals surface area (Å²) in [5.41, 5.74) is 0.344. The Kier molecular flexibility index (Phi) is 3.97. The van der Waals surface area contributed by atoms with Crippen molar-refractivity contribution in [2.24, 2.45) is 29.1 Å². The van der Waals surface area contributed by atoms with Crippen molar-refractivity contribution in [3.8, 4) is 0 Å². The van der Waals surface area contributed by atoms with Gasteiger partial charge in [0.15, 0.2) is 0 Å². The monoisotopic (exact) mass is 210 g/mol. The molecule has 3 atom stereocenters. The normalized spacial score (nSPS) is 33.1. The average molecular weight is 210 g/mol. The first-order valence-corrected chi connectivity index (χ1v) is 6.31. The van der Waals surface area contributed by atoms with Crippen molar-refractivity contribution in [3.05, 3.63) is 0 Å². The Morgan fingerprint density at radius 2 is 1.80 bits per heavy atom. The predicted molar refractivity (Wildman–Crippen MR) is 64.7 cm³/mol. The lowest BCUT2D eigenvalue weighted by Gasteiger charge is -2.44. The van der Waals surface area contributed by atoms with Gasteiger partial charge < -0.3 is 4.79 Å². The molecule has 0 saturated heterocycles. The summed E-state index contributed by atoms with van der Waals surface area (Å²) < 4.78 is 0. The number of hydrogen-bond donors (Lipinski definition) is 0. The van der Waals surface area contributed by atoms with Gasteiger partial charge in [-0.25, -0.2) is 0 Å². The summed E-state index contributed by atoms with van der Waals surface area (Å²) >= 11 is 0. The van der Waals surface area contributed by atoms with Gasteiger partial charge in [-0.05, 0) is 42.4 Å². The Hall–Kier alpha value is -0.330. The minimum absolute atomic E-state index is 0.323. The SMILES string of the molecule is CC(C)C1CCC(C=O)CC1C(C)(C)C. The van der Waals surface area contributed by atoms with Crippen LogP contribution in [0.25, 0.3) is 0 Å². The molecule has 3 unspecified atom stereocenters. The number of hydrogen-bond acceptors (Lipinski definition) is 1. The molecule has 1 aliphatic rings. The molecule has 0 spiro atoms. The third-order valence-corrected chi connectivity index (χ3v) is 4.11. The molecular weight excluding hydrogens is 184 g/mol. The third kappa shape index (κ3) is 3.06. The van der Waals surface area contributed by atoms with Gasteiger partial charge in [0.05, 0.1) is 0 Å². The Labute approximate surface area is 94.6 Å². The van der Waals surface area contributed by atoms with Crippen molar-refractivity contribution in [1.29, 1.82) is 0 Å². The Balaban J connectivity index is 2.78. The molecule has 88 valence electrons. The highest BCUT2D eigenvalue weighted by Gasteiger charge is 2.38. The van der Waals surface area contributed by atoms with E-state index in [1.807, 2.05) is 0 Å². The minimum Gasteiger partial charge on any atom is -0.303 e. The summed E-state index contributed by atoms with van der Waals surface area (Å²) in [5, 5.41) is 0. The van der Waals surface area contributed by atoms with E-state index >= 15 is 0 Å². The van der Waals surface area contributed by atoms with Crippen LogP contribution in [-0.4, -0.2) is 6.29 Å². The molecule has 0 aromatic carbocycles. The highest BCUT2D eigenvalue weighted by molar-refractivity contribution is 5.53. The Morgan fingerprint density at radius 1 is 1.20 bits per heavy atom. The largest absolute Gasteiger partial charge is 0.303 e. The zero-order valence-corrected chi connectivity index (χ0v) is 10.9. The van der Waals surface area contributed by atoms with E-state index in [9.17, 15) is 4.79 Å². The molecule has 1 aliphatic carbocycles. The van der Waals surface area contributed by atoms with E-state index in [1.54, 1.807) is 0 Å². The van der Waals surface area contributed by atoms with Crippen LogP contribution in [0.3, 0.4) is 0 Å². The van der Waals surface area contributed by atoms with Crippen molar-refractivity contribution < 1.29 is 4.79 Å². The van der Waals surface area contributed by atoms with E-state index < -0.39 is 0 Å². The average Bonchev–Trinajstić information content (AvgIpc) is 2.15. The van der Waals surface area contributed by atoms with Gasteiger partial charge in [-0.15, -0.1) is 0 Å². The molecule has 1 nitrogen and oxygen atoms in total. The van der Waals surface area contributed by atoms with Gasteiger partial charge in [-0.2, -0.15) is 0 Å². The van der Waals surface area contributed by atoms with Gasteiger partial charge in [0.2, 0.25) is 0 Å². The summed E-state index contributed by atoms with van der Waals surface area (Å²) in [4.78, 5) is 10.9. The van der Waals surface area contributed by atoms with Crippen LogP contribution in [-0.2, 0) is 4.79 Å². The van der Waals surface area contributed by atoms with Crippen LogP contribution in [0.15, 0.2) is 0 Å². The molecule has 0 N–H and O–H groups in total. The number of carbonyl (C=O) groups is 1. The molecule has 0 aromatic heterocycles. The van der Waals surface area contributed by atoms with Gasteiger partial charge in [-0.1, -0.05) is 34.6 Å². The van der Waals surface area contributed by atoms with E-state index in [1.165, 1.54) is 12.7 Å². The summed E-state index contributed by atoms with van der Waals surface area (Å²) in [7, 11) is 0. The molecule has 1 rings (SSSR count). The minimum atomic E-state index is 0.323. The second-order valence-corrected chi connectivity index (χ2v) is 6.59. The van der Waals surface area contributed by atoms with Crippen molar-refractivity contribution in [3.63, 3.8) is 0 Å². The van der Waals surface area contributed by atoms with E-state index in [0.717, 1.165) is 24.7 Å². The number of aldehydes is 1. The summed E-state index contributed by atoms with van der Waals surface area (Å²) in [6.07, 6.45) is 4.63. The van der Waals surface area contributed by atoms with Crippen molar-refractivity contribution in [2.75, 3.05) is 0 Å². The lowest BCUT2D eigenvalue weighted by molar-refractivity contribution is -0.113. The molecular formula is C14H26O. The molecule has 1 fully saturated rings. The first-order valence-electron chi connectivity index (χ1n) is 6.31. The second-order valence-electron chi connectivity index (χ2n) is 6.59. The maximum atomic E-state index is 10.9. The van der Waals surface area contributed by atoms with Crippen LogP contribution in [0.1, 0.15) is 53.9 Å². The molecule has 0 bridgehead atoms. The van der Waals surface area contributed by atoms with Crippen molar-refractivity contribution in [2.45, 2.75) is 53.9 Å². The smallest absolute Gasteiger partial charge is 0.123 e. The van der Waals surface area contributed by atoms with E-state index in [4.69, 9.17) is 0 Å². The van der Waals surface area contributed by atoms with Crippen molar-refractivity contribution in [1.82, 2.24) is 0 Å². The van der Waals surface area contributed by atoms with E-state index in [-0.39, 0.29) is 0 Å². The molecule has 0 radical (unpaired) electrons. The fourth-order valence-electron chi connectivity index (χ4n) is 3.14. The van der Waals surface area contributed by atoms with E-state index in [2.05, 4.69) is 34.6 Å². The lowest BCUT2D eigenvalue weighted by Crippen LogP contribution is -2.37. The van der Waals surface area contributed by atoms with Crippen LogP contribution in [0.4, 0.5) is 0 Å². The fraction of sp³-hybridized carbons (Fsp3) is 0.929. The molecule has 0 heterocycles. The van der Waals surface area contributed by atoms with Gasteiger partial charge in [0.25, 0.3) is 0 Å². The van der Waals surface area contributed by atoms with Gasteiger partial charge >= 0.3 is 0 Å². The standard InChI is InChI=1S/C14H26O/c1-10(2)12-7-6-11(9-15)8-13(12)14(3,4)5/h9-13H,6-8H2,1-5H3. The quantitative estimate of drug-likeness (QED) is 0.631. The molecule has 0 aliphatic heterocycles. The Bertz CT molecular complexity index is 212. The zero-order chi connectivity index (χ0) is 11.6. The predicted octanol–water partition coefficient (Wildman–Crippen LogP) is 3.92. The van der Waals surface area contributed by atoms with Crippen LogP contribution >= 0.6 is 0 Å². The molecule has 0 aromatic rings. The maximum absolute atomic E-state index is 10.9. The maximum Gasteiger partial charge on any atom is 0.123 e. The molecule has 15 heavy (non-hydrogen) atoms. The second kappa shape index (κ2) is 4.67.